The zero-order chi connectivity index (χ0) is 13.7. The van der Waals surface area contributed by atoms with E-state index in [1.807, 2.05) is 50.4 Å². The molecular weight excluding hydrogens is 241 g/mol. The number of hydrogen-bond acceptors (Lipinski definition) is 2. The minimum absolute atomic E-state index is 0.186. The monoisotopic (exact) mass is 259 g/mol. The van der Waals surface area contributed by atoms with Crippen molar-refractivity contribution in [2.45, 2.75) is 19.6 Å². The average molecular weight is 259 g/mol. The molecule has 0 radical (unpaired) electrons. The van der Waals surface area contributed by atoms with Crippen molar-refractivity contribution in [2.24, 2.45) is 0 Å². The highest BCUT2D eigenvalue weighted by molar-refractivity contribution is 5.35. The fourth-order valence-corrected chi connectivity index (χ4v) is 1.98. The average Bonchev–Trinajstić information content (AvgIpc) is 2.44. The van der Waals surface area contributed by atoms with Crippen molar-refractivity contribution in [1.82, 2.24) is 5.32 Å². The molecule has 1 atom stereocenters. The Morgan fingerprint density at radius 3 is 2.53 bits per heavy atom. The molecule has 0 fully saturated rings. The van der Waals surface area contributed by atoms with Crippen LogP contribution in [-0.2, 0) is 6.54 Å². The minimum atomic E-state index is -0.324. The van der Waals surface area contributed by atoms with Gasteiger partial charge in [-0.2, -0.15) is 0 Å². The summed E-state index contributed by atoms with van der Waals surface area (Å²) >= 11 is 0. The molecule has 2 aromatic rings. The number of ether oxygens (including phenoxy) is 1. The summed E-state index contributed by atoms with van der Waals surface area (Å²) < 4.78 is 19.7. The van der Waals surface area contributed by atoms with Gasteiger partial charge in [0, 0.05) is 12.1 Å². The molecule has 0 saturated heterocycles. The van der Waals surface area contributed by atoms with Gasteiger partial charge in [-0.05, 0) is 25.6 Å². The molecule has 0 spiro atoms. The van der Waals surface area contributed by atoms with E-state index in [9.17, 15) is 4.39 Å². The van der Waals surface area contributed by atoms with Crippen LogP contribution in [0.3, 0.4) is 0 Å². The molecule has 0 aliphatic rings. The Bertz CT molecular complexity index is 528. The first-order valence-corrected chi connectivity index (χ1v) is 6.36. The first kappa shape index (κ1) is 13.6. The zero-order valence-corrected chi connectivity index (χ0v) is 11.2. The van der Waals surface area contributed by atoms with E-state index >= 15 is 0 Å². The van der Waals surface area contributed by atoms with Gasteiger partial charge in [0.15, 0.2) is 11.6 Å². The van der Waals surface area contributed by atoms with Crippen LogP contribution in [0.5, 0.6) is 5.75 Å². The number of para-hydroxylation sites is 1. The molecule has 0 aliphatic heterocycles. The summed E-state index contributed by atoms with van der Waals surface area (Å²) in [4.78, 5) is 0. The van der Waals surface area contributed by atoms with E-state index in [2.05, 4.69) is 5.32 Å². The number of hydrogen-bond donors (Lipinski definition) is 1. The third kappa shape index (κ3) is 3.32. The molecule has 0 aliphatic carbocycles. The van der Waals surface area contributed by atoms with Gasteiger partial charge < -0.3 is 10.1 Å². The minimum Gasteiger partial charge on any atom is -0.483 e. The van der Waals surface area contributed by atoms with Gasteiger partial charge in [0.25, 0.3) is 0 Å². The molecule has 0 bridgehead atoms. The number of rotatable bonds is 5. The van der Waals surface area contributed by atoms with E-state index in [1.165, 1.54) is 6.07 Å². The number of nitrogens with one attached hydrogen (secondary N) is 1. The summed E-state index contributed by atoms with van der Waals surface area (Å²) in [6.07, 6.45) is -0.186. The van der Waals surface area contributed by atoms with E-state index in [1.54, 1.807) is 6.07 Å². The number of benzene rings is 2. The smallest absolute Gasteiger partial charge is 0.165 e. The fourth-order valence-electron chi connectivity index (χ4n) is 1.98. The van der Waals surface area contributed by atoms with Crippen LogP contribution in [0.2, 0.25) is 0 Å². The molecular formula is C16H18FNO. The third-order valence-corrected chi connectivity index (χ3v) is 2.98. The zero-order valence-electron chi connectivity index (χ0n) is 11.2. The fraction of sp³-hybridized carbons (Fsp3) is 0.250. The van der Waals surface area contributed by atoms with Gasteiger partial charge in [0.1, 0.15) is 6.10 Å². The Kier molecular flexibility index (Phi) is 4.53. The maximum atomic E-state index is 13.9. The second-order valence-electron chi connectivity index (χ2n) is 4.43. The molecule has 0 aromatic heterocycles. The molecule has 0 amide bonds. The molecule has 2 nitrogen and oxygen atoms in total. The lowest BCUT2D eigenvalue weighted by Crippen LogP contribution is -2.10. The lowest BCUT2D eigenvalue weighted by atomic mass is 10.1. The van der Waals surface area contributed by atoms with Crippen LogP contribution in [0, 0.1) is 5.82 Å². The SMILES string of the molecule is CNCc1cccc(F)c1OC(C)c1ccccc1. The first-order chi connectivity index (χ1) is 9.22. The van der Waals surface area contributed by atoms with Crippen LogP contribution in [-0.4, -0.2) is 7.05 Å². The Hall–Kier alpha value is -1.87. The van der Waals surface area contributed by atoms with Crippen LogP contribution in [0.1, 0.15) is 24.2 Å². The van der Waals surface area contributed by atoms with Crippen LogP contribution < -0.4 is 10.1 Å². The normalized spacial score (nSPS) is 12.2. The molecule has 19 heavy (non-hydrogen) atoms. The summed E-state index contributed by atoms with van der Waals surface area (Å²) in [5, 5.41) is 3.02. The standard InChI is InChI=1S/C16H18FNO/c1-12(13-7-4-3-5-8-13)19-16-14(11-18-2)9-6-10-15(16)17/h3-10,12,18H,11H2,1-2H3. The van der Waals surface area contributed by atoms with E-state index in [4.69, 9.17) is 4.74 Å². The molecule has 2 aromatic carbocycles. The van der Waals surface area contributed by atoms with Crippen LogP contribution in [0.15, 0.2) is 48.5 Å². The Morgan fingerprint density at radius 2 is 1.84 bits per heavy atom. The molecule has 0 saturated carbocycles. The quantitative estimate of drug-likeness (QED) is 0.884. The van der Waals surface area contributed by atoms with Crippen molar-refractivity contribution in [3.8, 4) is 5.75 Å². The third-order valence-electron chi connectivity index (χ3n) is 2.98. The van der Waals surface area contributed by atoms with Crippen molar-refractivity contribution in [1.29, 1.82) is 0 Å². The second kappa shape index (κ2) is 6.34. The van der Waals surface area contributed by atoms with Crippen molar-refractivity contribution >= 4 is 0 Å². The lowest BCUT2D eigenvalue weighted by Gasteiger charge is -2.18. The highest BCUT2D eigenvalue weighted by Crippen LogP contribution is 2.28. The van der Waals surface area contributed by atoms with Gasteiger partial charge in [-0.3, -0.25) is 0 Å². The first-order valence-electron chi connectivity index (χ1n) is 6.36. The highest BCUT2D eigenvalue weighted by Gasteiger charge is 2.14. The maximum absolute atomic E-state index is 13.9. The Labute approximate surface area is 113 Å². The Balaban J connectivity index is 2.23. The van der Waals surface area contributed by atoms with Crippen LogP contribution in [0.4, 0.5) is 4.39 Å². The predicted molar refractivity (Wildman–Crippen MR) is 74.6 cm³/mol. The molecule has 100 valence electrons. The van der Waals surface area contributed by atoms with Crippen molar-refractivity contribution in [2.75, 3.05) is 7.05 Å². The van der Waals surface area contributed by atoms with Crippen molar-refractivity contribution in [3.63, 3.8) is 0 Å². The van der Waals surface area contributed by atoms with Crippen molar-refractivity contribution in [3.05, 3.63) is 65.5 Å². The summed E-state index contributed by atoms with van der Waals surface area (Å²) in [5.74, 6) is 0.00346. The predicted octanol–water partition coefficient (Wildman–Crippen LogP) is 3.69. The summed E-state index contributed by atoms with van der Waals surface area (Å²) in [6.45, 7) is 2.50. The van der Waals surface area contributed by atoms with Crippen LogP contribution in [0.25, 0.3) is 0 Å². The van der Waals surface area contributed by atoms with Gasteiger partial charge in [0.05, 0.1) is 0 Å². The summed E-state index contributed by atoms with van der Waals surface area (Å²) in [6, 6.07) is 14.8. The second-order valence-corrected chi connectivity index (χ2v) is 4.43. The topological polar surface area (TPSA) is 21.3 Å². The molecule has 2 rings (SSSR count). The number of halogens is 1. The lowest BCUT2D eigenvalue weighted by molar-refractivity contribution is 0.213. The van der Waals surface area contributed by atoms with Gasteiger partial charge in [-0.1, -0.05) is 42.5 Å². The highest BCUT2D eigenvalue weighted by atomic mass is 19.1. The van der Waals surface area contributed by atoms with E-state index in [-0.39, 0.29) is 11.9 Å². The molecule has 0 heterocycles. The molecule has 1 N–H and O–H groups in total. The van der Waals surface area contributed by atoms with E-state index < -0.39 is 0 Å². The van der Waals surface area contributed by atoms with Gasteiger partial charge in [-0.15, -0.1) is 0 Å². The van der Waals surface area contributed by atoms with Gasteiger partial charge in [-0.25, -0.2) is 4.39 Å². The molecule has 1 unspecified atom stereocenters. The Morgan fingerprint density at radius 1 is 1.11 bits per heavy atom. The van der Waals surface area contributed by atoms with E-state index in [0.717, 1.165) is 11.1 Å². The van der Waals surface area contributed by atoms with E-state index in [0.29, 0.717) is 12.3 Å². The summed E-state index contributed by atoms with van der Waals surface area (Å²) in [7, 11) is 1.83. The van der Waals surface area contributed by atoms with Crippen molar-refractivity contribution < 1.29 is 9.13 Å². The maximum Gasteiger partial charge on any atom is 0.165 e. The largest absolute Gasteiger partial charge is 0.483 e. The van der Waals surface area contributed by atoms with Crippen LogP contribution >= 0.6 is 0 Å². The van der Waals surface area contributed by atoms with Gasteiger partial charge in [0.2, 0.25) is 0 Å². The molecule has 3 heteroatoms. The summed E-state index contributed by atoms with van der Waals surface area (Å²) in [5.41, 5.74) is 1.85. The van der Waals surface area contributed by atoms with Gasteiger partial charge >= 0.3 is 0 Å².